The monoisotopic (exact) mass is 857 g/mol. The summed E-state index contributed by atoms with van der Waals surface area (Å²) in [6, 6.07) is 9.80. The molecule has 0 unspecified atom stereocenters. The molecular formula is C50H76N6O6. The second kappa shape index (κ2) is 21.2. The Morgan fingerprint density at radius 1 is 1.03 bits per heavy atom. The number of aryl methyl sites for hydroxylation is 3. The number of benzene rings is 1. The van der Waals surface area contributed by atoms with Crippen molar-refractivity contribution in [2.75, 3.05) is 33.3 Å². The van der Waals surface area contributed by atoms with Gasteiger partial charge in [-0.1, -0.05) is 44.4 Å². The standard InChI is InChI=1S/C50H76N6O6/c1-31(26-55-49(52)53-3)10-13-34-14-15-39(51)23-35(34)7-4-5-9-46-37(29-57)24-40(62-46)16-11-33-12-17-44(59)47(21-33)61-30-45(60)43-25-41-42(28-54-27-32(2)58)50-19-6-8-38(50)22-36(18-20-50)48(41)56-43/h12,17-18,20-21,24-25,31-32,34-36,38-39,42,45,54,56-60H,4-11,13-16,19,22-23,26-30,51H2,1-3H3,(H3,52,53,55)/t31-,32+,34-,35-,36+,38-,39+,42+,45+,50-/m1/s1. The fourth-order valence-corrected chi connectivity index (χ4v) is 11.6. The van der Waals surface area contributed by atoms with Gasteiger partial charge in [0.25, 0.3) is 0 Å². The molecule has 10 atom stereocenters. The molecule has 2 aromatic heterocycles. The van der Waals surface area contributed by atoms with E-state index in [1.165, 1.54) is 49.8 Å². The Balaban J connectivity index is 0.900. The van der Waals surface area contributed by atoms with E-state index in [2.05, 4.69) is 45.8 Å². The van der Waals surface area contributed by atoms with E-state index < -0.39 is 12.2 Å². The van der Waals surface area contributed by atoms with E-state index >= 15 is 0 Å². The number of hydrogen-bond acceptors (Lipinski definition) is 9. The summed E-state index contributed by atoms with van der Waals surface area (Å²) in [5.41, 5.74) is 17.4. The minimum atomic E-state index is -0.904. The highest BCUT2D eigenvalue weighted by molar-refractivity contribution is 5.77. The van der Waals surface area contributed by atoms with E-state index in [0.717, 1.165) is 86.4 Å². The zero-order chi connectivity index (χ0) is 43.8. The van der Waals surface area contributed by atoms with Gasteiger partial charge in [0.1, 0.15) is 24.2 Å². The second-order valence-electron chi connectivity index (χ2n) is 19.5. The highest BCUT2D eigenvalue weighted by atomic mass is 16.5. The van der Waals surface area contributed by atoms with Crippen LogP contribution in [0.5, 0.6) is 11.5 Å². The molecule has 2 bridgehead atoms. The maximum Gasteiger partial charge on any atom is 0.188 e. The van der Waals surface area contributed by atoms with Crippen molar-refractivity contribution < 1.29 is 29.6 Å². The molecule has 12 heteroatoms. The van der Waals surface area contributed by atoms with E-state index in [0.29, 0.717) is 66.7 Å². The van der Waals surface area contributed by atoms with Crippen LogP contribution in [0.1, 0.15) is 148 Å². The average molecular weight is 857 g/mol. The van der Waals surface area contributed by atoms with Crippen LogP contribution in [0.2, 0.25) is 0 Å². The Labute approximate surface area is 369 Å². The number of allylic oxidation sites excluding steroid dienone is 2. The molecule has 2 heterocycles. The van der Waals surface area contributed by atoms with Crippen molar-refractivity contribution in [3.8, 4) is 11.5 Å². The van der Waals surface area contributed by atoms with Crippen LogP contribution in [-0.4, -0.2) is 76.8 Å². The van der Waals surface area contributed by atoms with Crippen LogP contribution in [0, 0.1) is 29.1 Å². The van der Waals surface area contributed by atoms with Crippen molar-refractivity contribution in [3.05, 3.63) is 82.1 Å². The Morgan fingerprint density at radius 2 is 1.89 bits per heavy atom. The number of aromatic hydroxyl groups is 1. The lowest BCUT2D eigenvalue weighted by molar-refractivity contribution is 0.103. The van der Waals surface area contributed by atoms with Crippen molar-refractivity contribution in [2.45, 2.75) is 147 Å². The molecule has 342 valence electrons. The van der Waals surface area contributed by atoms with Crippen LogP contribution < -0.4 is 26.8 Å². The van der Waals surface area contributed by atoms with Gasteiger partial charge in [-0.15, -0.1) is 0 Å². The first kappa shape index (κ1) is 46.2. The van der Waals surface area contributed by atoms with Gasteiger partial charge < -0.3 is 56.7 Å². The van der Waals surface area contributed by atoms with Crippen LogP contribution in [0.3, 0.4) is 0 Å². The normalized spacial score (nSPS) is 27.1. The number of aliphatic imine (C=N–C) groups is 1. The van der Waals surface area contributed by atoms with Crippen LogP contribution >= 0.6 is 0 Å². The third kappa shape index (κ3) is 11.1. The van der Waals surface area contributed by atoms with Gasteiger partial charge >= 0.3 is 0 Å². The summed E-state index contributed by atoms with van der Waals surface area (Å²) in [4.78, 5) is 7.62. The molecule has 0 aliphatic heterocycles. The number of unbranched alkanes of at least 4 members (excludes halogenated alkanes) is 1. The number of phenolic OH excluding ortho intramolecular Hbond substituents is 1. The number of hydrogen-bond donors (Lipinski definition) is 9. The van der Waals surface area contributed by atoms with Crippen LogP contribution in [0.25, 0.3) is 0 Å². The minimum Gasteiger partial charge on any atom is -0.504 e. The van der Waals surface area contributed by atoms with E-state index in [4.69, 9.17) is 20.6 Å². The summed E-state index contributed by atoms with van der Waals surface area (Å²) in [5.74, 6) is 5.65. The molecule has 5 aliphatic carbocycles. The summed E-state index contributed by atoms with van der Waals surface area (Å²) in [5, 5.41) is 49.1. The van der Waals surface area contributed by atoms with Crippen LogP contribution in [0.15, 0.2) is 51.9 Å². The average Bonchev–Trinajstić information content (AvgIpc) is 3.99. The third-order valence-electron chi connectivity index (χ3n) is 15.1. The van der Waals surface area contributed by atoms with E-state index in [-0.39, 0.29) is 30.3 Å². The fraction of sp³-hybridized carbons (Fsp3) is 0.660. The lowest BCUT2D eigenvalue weighted by Crippen LogP contribution is -2.39. The Morgan fingerprint density at radius 3 is 2.69 bits per heavy atom. The molecule has 0 saturated heterocycles. The van der Waals surface area contributed by atoms with Gasteiger partial charge in [0.05, 0.1) is 12.7 Å². The molecule has 1 aromatic carbocycles. The summed E-state index contributed by atoms with van der Waals surface area (Å²) in [6.07, 6.45) is 19.5. The fourth-order valence-electron chi connectivity index (χ4n) is 11.6. The summed E-state index contributed by atoms with van der Waals surface area (Å²) in [6.45, 7) is 6.20. The summed E-state index contributed by atoms with van der Waals surface area (Å²) >= 11 is 0. The van der Waals surface area contributed by atoms with Crippen LogP contribution in [-0.2, 0) is 25.9 Å². The molecule has 12 nitrogen and oxygen atoms in total. The van der Waals surface area contributed by atoms with Gasteiger partial charge in [-0.2, -0.15) is 0 Å². The number of aliphatic hydroxyl groups is 3. The number of phenols is 1. The number of aliphatic hydroxyl groups excluding tert-OH is 3. The molecule has 0 amide bonds. The number of aromatic amines is 1. The van der Waals surface area contributed by atoms with Gasteiger partial charge in [0, 0.05) is 74.4 Å². The van der Waals surface area contributed by atoms with Gasteiger partial charge in [0.15, 0.2) is 17.5 Å². The molecule has 11 N–H and O–H groups in total. The predicted octanol–water partition coefficient (Wildman–Crippen LogP) is 7.01. The number of rotatable bonds is 22. The zero-order valence-electron chi connectivity index (χ0n) is 37.6. The van der Waals surface area contributed by atoms with Gasteiger partial charge in [-0.25, -0.2) is 0 Å². The van der Waals surface area contributed by atoms with E-state index in [1.807, 2.05) is 25.1 Å². The minimum absolute atomic E-state index is 0.00664. The van der Waals surface area contributed by atoms with Crippen molar-refractivity contribution in [1.82, 2.24) is 15.6 Å². The van der Waals surface area contributed by atoms with Gasteiger partial charge in [-0.05, 0) is 136 Å². The predicted molar refractivity (Wildman–Crippen MR) is 245 cm³/mol. The highest BCUT2D eigenvalue weighted by Gasteiger charge is 2.53. The van der Waals surface area contributed by atoms with Crippen molar-refractivity contribution >= 4 is 5.96 Å². The number of nitrogens with zero attached hydrogens (tertiary/aromatic N) is 1. The van der Waals surface area contributed by atoms with Crippen molar-refractivity contribution in [1.29, 1.82) is 0 Å². The molecular weight excluding hydrogens is 781 g/mol. The first-order valence-corrected chi connectivity index (χ1v) is 23.8. The molecule has 3 aromatic rings. The van der Waals surface area contributed by atoms with Gasteiger partial charge in [-0.3, -0.25) is 4.99 Å². The lowest BCUT2D eigenvalue weighted by atomic mass is 9.64. The van der Waals surface area contributed by atoms with Crippen molar-refractivity contribution in [3.63, 3.8) is 0 Å². The molecule has 5 aliphatic rings. The molecule has 1 spiro atoms. The number of ether oxygens (including phenoxy) is 1. The summed E-state index contributed by atoms with van der Waals surface area (Å²) in [7, 11) is 1.70. The SMILES string of the molecule is CN=C(N)NC[C@H](C)CC[C@@H]1CC[C@H](N)C[C@H]1CCCCc1oc(CCc2ccc(O)c(OC[C@H](O)c3cc4c([nH]3)[C@H]3C=C[C@@]5(CCC[C@@H]5C3)[C@H]4CNC[C@H](C)O)c2)cc1CO. The first-order chi connectivity index (χ1) is 30.0. The second-order valence-corrected chi connectivity index (χ2v) is 19.5. The molecule has 0 radical (unpaired) electrons. The van der Waals surface area contributed by atoms with Crippen LogP contribution in [0.4, 0.5) is 0 Å². The number of furan rings is 1. The lowest BCUT2D eigenvalue weighted by Gasteiger charge is -2.41. The number of nitrogens with two attached hydrogens (primary N) is 2. The Kier molecular flexibility index (Phi) is 15.8. The number of H-pyrrole nitrogens is 1. The molecule has 2 saturated carbocycles. The molecule has 62 heavy (non-hydrogen) atoms. The number of guanidine groups is 1. The molecule has 2 fully saturated rings. The first-order valence-electron chi connectivity index (χ1n) is 23.8. The number of aromatic nitrogens is 1. The quantitative estimate of drug-likeness (QED) is 0.0219. The van der Waals surface area contributed by atoms with Gasteiger partial charge in [0.2, 0.25) is 0 Å². The smallest absolute Gasteiger partial charge is 0.188 e. The Bertz CT molecular complexity index is 1960. The largest absolute Gasteiger partial charge is 0.504 e. The maximum absolute atomic E-state index is 11.4. The van der Waals surface area contributed by atoms with E-state index in [9.17, 15) is 20.4 Å². The maximum atomic E-state index is 11.4. The Hall–Kier alpha value is -3.81. The zero-order valence-corrected chi connectivity index (χ0v) is 37.6. The van der Waals surface area contributed by atoms with Crippen molar-refractivity contribution in [2.24, 2.45) is 45.5 Å². The third-order valence-corrected chi connectivity index (χ3v) is 15.1. The number of nitrogens with one attached hydrogen (secondary N) is 3. The summed E-state index contributed by atoms with van der Waals surface area (Å²) < 4.78 is 12.4. The highest BCUT2D eigenvalue weighted by Crippen LogP contribution is 2.62. The molecule has 8 rings (SSSR count). The topological polar surface area (TPSA) is 208 Å². The van der Waals surface area contributed by atoms with E-state index in [1.54, 1.807) is 13.1 Å².